The van der Waals surface area contributed by atoms with Gasteiger partial charge < -0.3 is 14.5 Å². The Balaban J connectivity index is 1.68. The predicted octanol–water partition coefficient (Wildman–Crippen LogP) is 1.20. The molecule has 0 saturated carbocycles. The van der Waals surface area contributed by atoms with Gasteiger partial charge in [-0.05, 0) is 25.0 Å². The van der Waals surface area contributed by atoms with E-state index in [4.69, 9.17) is 4.74 Å². The lowest BCUT2D eigenvalue weighted by molar-refractivity contribution is -0.384. The number of hydrogen-bond donors (Lipinski definition) is 0. The molecule has 0 unspecified atom stereocenters. The zero-order valence-corrected chi connectivity index (χ0v) is 12.5. The van der Waals surface area contributed by atoms with E-state index in [2.05, 4.69) is 0 Å². The molecule has 22 heavy (non-hydrogen) atoms. The van der Waals surface area contributed by atoms with E-state index < -0.39 is 0 Å². The van der Waals surface area contributed by atoms with Crippen molar-refractivity contribution in [2.75, 3.05) is 37.7 Å². The van der Waals surface area contributed by atoms with E-state index in [1.807, 2.05) is 16.7 Å². The van der Waals surface area contributed by atoms with Gasteiger partial charge in [0.2, 0.25) is 5.91 Å². The molecule has 0 radical (unpaired) electrons. The number of benzene rings is 1. The lowest BCUT2D eigenvalue weighted by Crippen LogP contribution is -2.48. The molecule has 1 aromatic rings. The Kier molecular flexibility index (Phi) is 3.98. The number of carbonyl (C=O) groups excluding carboxylic acids is 1. The smallest absolute Gasteiger partial charge is 0.269 e. The average molecular weight is 305 g/mol. The summed E-state index contributed by atoms with van der Waals surface area (Å²) in [5.74, 6) is 0.0846. The van der Waals surface area contributed by atoms with Crippen molar-refractivity contribution in [3.05, 3.63) is 33.9 Å². The fourth-order valence-electron chi connectivity index (χ4n) is 3.04. The van der Waals surface area contributed by atoms with Crippen LogP contribution in [0.1, 0.15) is 12.5 Å². The molecule has 3 rings (SSSR count). The molecule has 0 spiro atoms. The van der Waals surface area contributed by atoms with Crippen LogP contribution in [0.2, 0.25) is 0 Å². The number of rotatable bonds is 3. The van der Waals surface area contributed by atoms with Gasteiger partial charge in [0.15, 0.2) is 0 Å². The summed E-state index contributed by atoms with van der Waals surface area (Å²) in [6.45, 7) is 4.84. The fraction of sp³-hybridized carbons (Fsp3) is 0.533. The first kappa shape index (κ1) is 14.8. The zero-order chi connectivity index (χ0) is 15.7. The van der Waals surface area contributed by atoms with Gasteiger partial charge in [0.25, 0.3) is 5.69 Å². The number of non-ortho nitro benzene ring substituents is 1. The van der Waals surface area contributed by atoms with Gasteiger partial charge in [0.1, 0.15) is 0 Å². The molecular formula is C15H19N3O4. The largest absolute Gasteiger partial charge is 0.375 e. The average Bonchev–Trinajstić information content (AvgIpc) is 2.89. The highest BCUT2D eigenvalue weighted by molar-refractivity contribution is 5.82. The first-order valence-electron chi connectivity index (χ1n) is 7.46. The van der Waals surface area contributed by atoms with Crippen molar-refractivity contribution in [1.82, 2.24) is 4.90 Å². The summed E-state index contributed by atoms with van der Waals surface area (Å²) in [7, 11) is 0. The first-order valence-corrected chi connectivity index (χ1v) is 7.46. The van der Waals surface area contributed by atoms with Crippen molar-refractivity contribution in [2.45, 2.75) is 19.4 Å². The highest BCUT2D eigenvalue weighted by Gasteiger charge is 2.27. The minimum Gasteiger partial charge on any atom is -0.375 e. The number of fused-ring (bicyclic) bond motifs is 1. The van der Waals surface area contributed by atoms with Gasteiger partial charge >= 0.3 is 0 Å². The number of nitro benzene ring substituents is 1. The molecule has 2 heterocycles. The van der Waals surface area contributed by atoms with Crippen LogP contribution in [0.15, 0.2) is 18.2 Å². The van der Waals surface area contributed by atoms with Gasteiger partial charge in [-0.3, -0.25) is 14.9 Å². The van der Waals surface area contributed by atoms with Crippen LogP contribution in [0, 0.1) is 10.1 Å². The summed E-state index contributed by atoms with van der Waals surface area (Å²) in [5.41, 5.74) is 1.98. The highest BCUT2D eigenvalue weighted by atomic mass is 16.6. The van der Waals surface area contributed by atoms with Crippen molar-refractivity contribution < 1.29 is 14.5 Å². The number of morpholine rings is 1. The number of hydrogen-bond acceptors (Lipinski definition) is 5. The second-order valence-electron chi connectivity index (χ2n) is 5.76. The van der Waals surface area contributed by atoms with Crippen molar-refractivity contribution in [1.29, 1.82) is 0 Å². The molecule has 0 aliphatic carbocycles. The van der Waals surface area contributed by atoms with Crippen LogP contribution in [0.5, 0.6) is 0 Å². The van der Waals surface area contributed by atoms with Gasteiger partial charge in [0.05, 0.1) is 24.2 Å². The Morgan fingerprint density at radius 1 is 1.45 bits per heavy atom. The molecule has 7 heteroatoms. The lowest BCUT2D eigenvalue weighted by atomic mass is 10.1. The first-order chi connectivity index (χ1) is 10.5. The summed E-state index contributed by atoms with van der Waals surface area (Å²) in [6.07, 6.45) is 0.815. The molecule has 1 amide bonds. The van der Waals surface area contributed by atoms with Gasteiger partial charge in [0, 0.05) is 37.5 Å². The Labute approximate surface area is 128 Å². The molecule has 2 aliphatic rings. The maximum Gasteiger partial charge on any atom is 0.269 e. The summed E-state index contributed by atoms with van der Waals surface area (Å²) in [6, 6.07) is 4.85. The summed E-state index contributed by atoms with van der Waals surface area (Å²) in [5, 5.41) is 10.8. The molecule has 0 N–H and O–H groups in total. The van der Waals surface area contributed by atoms with E-state index in [0.29, 0.717) is 26.2 Å². The minimum absolute atomic E-state index is 0.0752. The van der Waals surface area contributed by atoms with Crippen LogP contribution in [-0.4, -0.2) is 54.6 Å². The summed E-state index contributed by atoms with van der Waals surface area (Å²) >= 11 is 0. The number of anilines is 1. The number of ether oxygens (including phenoxy) is 1. The third-order valence-corrected chi connectivity index (χ3v) is 4.19. The Morgan fingerprint density at radius 2 is 2.27 bits per heavy atom. The standard InChI is InChI=1S/C15H19N3O4/c1-11-9-17(6-7-22-11)15(19)10-16-5-4-12-8-13(18(20)21)2-3-14(12)16/h2-3,8,11H,4-7,9-10H2,1H3/t11-/m0/s1. The highest BCUT2D eigenvalue weighted by Crippen LogP contribution is 2.31. The van der Waals surface area contributed by atoms with Gasteiger partial charge in [-0.1, -0.05) is 0 Å². The monoisotopic (exact) mass is 305 g/mol. The SMILES string of the molecule is C[C@H]1CN(C(=O)CN2CCc3cc([N+](=O)[O-])ccc32)CCO1. The number of nitrogens with zero attached hydrogens (tertiary/aromatic N) is 3. The van der Waals surface area contributed by atoms with Crippen molar-refractivity contribution >= 4 is 17.3 Å². The van der Waals surface area contributed by atoms with Crippen LogP contribution >= 0.6 is 0 Å². The molecule has 1 aromatic carbocycles. The second kappa shape index (κ2) is 5.92. The number of carbonyl (C=O) groups is 1. The maximum atomic E-state index is 12.4. The number of nitro groups is 1. The molecule has 118 valence electrons. The Bertz CT molecular complexity index is 604. The van der Waals surface area contributed by atoms with Gasteiger partial charge in [-0.2, -0.15) is 0 Å². The third kappa shape index (κ3) is 2.89. The van der Waals surface area contributed by atoms with Crippen LogP contribution < -0.4 is 4.90 Å². The van der Waals surface area contributed by atoms with Crippen molar-refractivity contribution in [3.8, 4) is 0 Å². The normalized spacial score (nSPS) is 20.9. The molecule has 0 bridgehead atoms. The van der Waals surface area contributed by atoms with Crippen molar-refractivity contribution in [2.24, 2.45) is 0 Å². The zero-order valence-electron chi connectivity index (χ0n) is 12.5. The summed E-state index contributed by atoms with van der Waals surface area (Å²) in [4.78, 5) is 26.7. The quantitative estimate of drug-likeness (QED) is 0.619. The van der Waals surface area contributed by atoms with E-state index in [-0.39, 0.29) is 22.6 Å². The van der Waals surface area contributed by atoms with Gasteiger partial charge in [-0.15, -0.1) is 0 Å². The molecule has 1 atom stereocenters. The topological polar surface area (TPSA) is 75.9 Å². The van der Waals surface area contributed by atoms with E-state index >= 15 is 0 Å². The third-order valence-electron chi connectivity index (χ3n) is 4.19. The maximum absolute atomic E-state index is 12.4. The van der Waals surface area contributed by atoms with Crippen LogP contribution in [-0.2, 0) is 16.0 Å². The second-order valence-corrected chi connectivity index (χ2v) is 5.76. The van der Waals surface area contributed by atoms with Crippen LogP contribution in [0.4, 0.5) is 11.4 Å². The van der Waals surface area contributed by atoms with Crippen molar-refractivity contribution in [3.63, 3.8) is 0 Å². The molecule has 1 fully saturated rings. The fourth-order valence-corrected chi connectivity index (χ4v) is 3.04. The number of amides is 1. The molecule has 2 aliphatic heterocycles. The van der Waals surface area contributed by atoms with Crippen LogP contribution in [0.25, 0.3) is 0 Å². The minimum atomic E-state index is -0.386. The van der Waals surface area contributed by atoms with E-state index in [9.17, 15) is 14.9 Å². The van der Waals surface area contributed by atoms with E-state index in [0.717, 1.165) is 24.2 Å². The molecule has 1 saturated heterocycles. The van der Waals surface area contributed by atoms with Crippen LogP contribution in [0.3, 0.4) is 0 Å². The Morgan fingerprint density at radius 3 is 3.00 bits per heavy atom. The lowest BCUT2D eigenvalue weighted by Gasteiger charge is -2.32. The summed E-state index contributed by atoms with van der Waals surface area (Å²) < 4.78 is 5.45. The van der Waals surface area contributed by atoms with Gasteiger partial charge in [-0.25, -0.2) is 0 Å². The van der Waals surface area contributed by atoms with E-state index in [1.165, 1.54) is 6.07 Å². The molecule has 7 nitrogen and oxygen atoms in total. The predicted molar refractivity (Wildman–Crippen MR) is 81.0 cm³/mol. The van der Waals surface area contributed by atoms with E-state index in [1.54, 1.807) is 12.1 Å². The molecule has 0 aromatic heterocycles. The molecular weight excluding hydrogens is 286 g/mol. The Hall–Kier alpha value is -2.15.